The molecular weight excluding hydrogens is 469 g/mol. The summed E-state index contributed by atoms with van der Waals surface area (Å²) >= 11 is 37.5. The highest BCUT2D eigenvalue weighted by molar-refractivity contribution is 6.43. The largest absolute Gasteiger partial charge is 0.263 e. The molecule has 136 valence electrons. The Hall–Kier alpha value is -1.18. The highest BCUT2D eigenvalue weighted by atomic mass is 35.5. The summed E-state index contributed by atoms with van der Waals surface area (Å²) in [5.41, 5.74) is 2.91. The summed E-state index contributed by atoms with van der Waals surface area (Å²) in [5, 5.41) is 11.6. The van der Waals surface area contributed by atoms with Crippen LogP contribution in [0.25, 0.3) is 22.3 Å². The third kappa shape index (κ3) is 4.15. The number of nitrogens with zero attached hydrogens (tertiary/aromatic N) is 2. The van der Waals surface area contributed by atoms with E-state index in [1.165, 1.54) is 0 Å². The Morgan fingerprint density at radius 3 is 1.41 bits per heavy atom. The summed E-state index contributed by atoms with van der Waals surface area (Å²) < 4.78 is 0. The van der Waals surface area contributed by atoms with E-state index in [9.17, 15) is 5.26 Å². The van der Waals surface area contributed by atoms with Gasteiger partial charge < -0.3 is 0 Å². The maximum absolute atomic E-state index is 9.38. The molecule has 1 heterocycles. The van der Waals surface area contributed by atoms with Crippen LogP contribution in [0.5, 0.6) is 0 Å². The van der Waals surface area contributed by atoms with Crippen LogP contribution >= 0.6 is 69.6 Å². The van der Waals surface area contributed by atoms with Gasteiger partial charge in [-0.1, -0.05) is 69.6 Å². The van der Waals surface area contributed by atoms with Gasteiger partial charge in [0.15, 0.2) is 0 Å². The van der Waals surface area contributed by atoms with Crippen LogP contribution in [0.1, 0.15) is 5.56 Å². The lowest BCUT2D eigenvalue weighted by Gasteiger charge is -2.17. The molecule has 2 aromatic carbocycles. The Kier molecular flexibility index (Phi) is 6.43. The van der Waals surface area contributed by atoms with Gasteiger partial charge in [-0.15, -0.1) is 0 Å². The summed E-state index contributed by atoms with van der Waals surface area (Å²) in [7, 11) is 0. The highest BCUT2D eigenvalue weighted by Crippen LogP contribution is 2.44. The molecule has 8 heteroatoms. The van der Waals surface area contributed by atoms with Crippen molar-refractivity contribution >= 4 is 69.6 Å². The minimum absolute atomic E-state index is 0.0672. The SMILES string of the molecule is N#CCc1c(-c2c(Cl)cc(Cl)cc2Cl)cncc1-c1c(Cl)cc(Cl)cc1Cl. The molecule has 0 saturated heterocycles. The van der Waals surface area contributed by atoms with Crippen molar-refractivity contribution in [2.24, 2.45) is 0 Å². The van der Waals surface area contributed by atoms with E-state index in [2.05, 4.69) is 11.1 Å². The quantitative estimate of drug-likeness (QED) is 0.380. The van der Waals surface area contributed by atoms with Crippen LogP contribution in [0, 0.1) is 11.3 Å². The van der Waals surface area contributed by atoms with Crippen LogP contribution in [0.2, 0.25) is 30.1 Å². The summed E-state index contributed by atoms with van der Waals surface area (Å²) in [6.07, 6.45) is 3.25. The summed E-state index contributed by atoms with van der Waals surface area (Å²) in [5.74, 6) is 0. The average Bonchev–Trinajstić information content (AvgIpc) is 2.55. The van der Waals surface area contributed by atoms with Gasteiger partial charge in [0.1, 0.15) is 0 Å². The smallest absolute Gasteiger partial charge is 0.0670 e. The molecule has 1 aromatic heterocycles. The fourth-order valence-electron chi connectivity index (χ4n) is 2.79. The standard InChI is InChI=1S/C19H8Cl6N2/c20-9-3-14(22)18(15(23)4-9)12-7-27-8-13(11(12)1-2-26)19-16(24)5-10(21)6-17(19)25/h3-8H,1H2. The summed E-state index contributed by atoms with van der Waals surface area (Å²) in [6, 6.07) is 8.47. The van der Waals surface area contributed by atoms with Gasteiger partial charge in [-0.2, -0.15) is 5.26 Å². The van der Waals surface area contributed by atoms with Crippen molar-refractivity contribution in [3.8, 4) is 28.3 Å². The van der Waals surface area contributed by atoms with E-state index < -0.39 is 0 Å². The van der Waals surface area contributed by atoms with Gasteiger partial charge >= 0.3 is 0 Å². The zero-order chi connectivity index (χ0) is 19.7. The third-order valence-corrected chi connectivity index (χ3v) is 5.49. The topological polar surface area (TPSA) is 36.7 Å². The van der Waals surface area contributed by atoms with Gasteiger partial charge in [0, 0.05) is 44.7 Å². The summed E-state index contributed by atoms with van der Waals surface area (Å²) in [6.45, 7) is 0. The van der Waals surface area contributed by atoms with Crippen molar-refractivity contribution in [3.63, 3.8) is 0 Å². The molecule has 0 aliphatic heterocycles. The minimum Gasteiger partial charge on any atom is -0.263 e. The van der Waals surface area contributed by atoms with E-state index in [1.54, 1.807) is 36.7 Å². The van der Waals surface area contributed by atoms with Crippen molar-refractivity contribution in [2.75, 3.05) is 0 Å². The maximum atomic E-state index is 9.38. The molecule has 0 saturated carbocycles. The lowest BCUT2D eigenvalue weighted by atomic mass is 9.92. The van der Waals surface area contributed by atoms with Crippen LogP contribution in [0.15, 0.2) is 36.7 Å². The lowest BCUT2D eigenvalue weighted by Crippen LogP contribution is -1.98. The molecule has 0 radical (unpaired) electrons. The van der Waals surface area contributed by atoms with Crippen LogP contribution in [0.4, 0.5) is 0 Å². The van der Waals surface area contributed by atoms with Gasteiger partial charge in [-0.3, -0.25) is 4.98 Å². The molecule has 3 rings (SSSR count). The fraction of sp³-hybridized carbons (Fsp3) is 0.0526. The molecule has 0 unspecified atom stereocenters. The molecule has 0 N–H and O–H groups in total. The number of hydrogen-bond donors (Lipinski definition) is 0. The number of aromatic nitrogens is 1. The normalized spacial score (nSPS) is 10.7. The summed E-state index contributed by atoms with van der Waals surface area (Å²) in [4.78, 5) is 4.28. The average molecular weight is 477 g/mol. The fourth-order valence-corrected chi connectivity index (χ4v) is 4.83. The second kappa shape index (κ2) is 8.45. The Bertz CT molecular complexity index is 966. The molecule has 0 spiro atoms. The monoisotopic (exact) mass is 474 g/mol. The zero-order valence-corrected chi connectivity index (χ0v) is 17.9. The number of rotatable bonds is 3. The number of pyridine rings is 1. The van der Waals surface area contributed by atoms with Crippen molar-refractivity contribution in [3.05, 3.63) is 72.4 Å². The Balaban J connectivity index is 2.36. The maximum Gasteiger partial charge on any atom is 0.0670 e. The molecule has 0 aliphatic rings. The van der Waals surface area contributed by atoms with Gasteiger partial charge in [0.25, 0.3) is 0 Å². The number of halogens is 6. The molecule has 0 atom stereocenters. The first-order chi connectivity index (χ1) is 12.8. The van der Waals surface area contributed by atoms with E-state index in [4.69, 9.17) is 69.6 Å². The van der Waals surface area contributed by atoms with Gasteiger partial charge in [0.2, 0.25) is 0 Å². The molecule has 27 heavy (non-hydrogen) atoms. The van der Waals surface area contributed by atoms with E-state index >= 15 is 0 Å². The number of hydrogen-bond acceptors (Lipinski definition) is 2. The molecule has 3 aromatic rings. The Labute approximate surface area is 186 Å². The first-order valence-electron chi connectivity index (χ1n) is 7.47. The van der Waals surface area contributed by atoms with Crippen molar-refractivity contribution in [1.29, 1.82) is 5.26 Å². The lowest BCUT2D eigenvalue weighted by molar-refractivity contribution is 1.22. The Morgan fingerprint density at radius 1 is 0.704 bits per heavy atom. The zero-order valence-electron chi connectivity index (χ0n) is 13.3. The highest BCUT2D eigenvalue weighted by Gasteiger charge is 2.20. The van der Waals surface area contributed by atoms with E-state index in [1.807, 2.05) is 0 Å². The second-order valence-electron chi connectivity index (χ2n) is 5.54. The molecule has 0 fully saturated rings. The van der Waals surface area contributed by atoms with Crippen molar-refractivity contribution in [2.45, 2.75) is 6.42 Å². The van der Waals surface area contributed by atoms with Crippen molar-refractivity contribution < 1.29 is 0 Å². The number of benzene rings is 2. The predicted octanol–water partition coefficient (Wildman–Crippen LogP) is 8.40. The van der Waals surface area contributed by atoms with Gasteiger partial charge in [-0.25, -0.2) is 0 Å². The van der Waals surface area contributed by atoms with Crippen LogP contribution < -0.4 is 0 Å². The second-order valence-corrected chi connectivity index (χ2v) is 8.04. The van der Waals surface area contributed by atoms with Gasteiger partial charge in [-0.05, 0) is 29.8 Å². The van der Waals surface area contributed by atoms with Gasteiger partial charge in [0.05, 0.1) is 32.6 Å². The molecular formula is C19H8Cl6N2. The Morgan fingerprint density at radius 2 is 1.07 bits per heavy atom. The predicted molar refractivity (Wildman–Crippen MR) is 114 cm³/mol. The first kappa shape index (κ1) is 20.6. The van der Waals surface area contributed by atoms with Crippen molar-refractivity contribution in [1.82, 2.24) is 4.98 Å². The first-order valence-corrected chi connectivity index (χ1v) is 9.74. The number of nitriles is 1. The van der Waals surface area contributed by atoms with E-state index in [-0.39, 0.29) is 6.42 Å². The molecule has 0 aliphatic carbocycles. The van der Waals surface area contributed by atoms with E-state index in [0.29, 0.717) is 58.0 Å². The van der Waals surface area contributed by atoms with Crippen LogP contribution in [0.3, 0.4) is 0 Å². The molecule has 0 bridgehead atoms. The van der Waals surface area contributed by atoms with E-state index in [0.717, 1.165) is 0 Å². The molecule has 0 amide bonds. The third-order valence-electron chi connectivity index (χ3n) is 3.87. The van der Waals surface area contributed by atoms with Crippen LogP contribution in [-0.4, -0.2) is 4.98 Å². The van der Waals surface area contributed by atoms with Crippen LogP contribution in [-0.2, 0) is 6.42 Å². The molecule has 2 nitrogen and oxygen atoms in total. The minimum atomic E-state index is 0.0672.